The number of carbonyl (C=O) groups excluding carboxylic acids is 1. The third-order valence-corrected chi connectivity index (χ3v) is 9.45. The van der Waals surface area contributed by atoms with Gasteiger partial charge in [-0.1, -0.05) is 11.3 Å². The Morgan fingerprint density at radius 3 is 2.76 bits per heavy atom. The zero-order valence-corrected chi connectivity index (χ0v) is 20.0. The molecule has 1 saturated heterocycles. The third-order valence-electron chi connectivity index (χ3n) is 6.27. The predicted molar refractivity (Wildman–Crippen MR) is 122 cm³/mol. The summed E-state index contributed by atoms with van der Waals surface area (Å²) >= 11 is 1.37. The van der Waals surface area contributed by atoms with E-state index in [1.165, 1.54) is 23.7 Å². The van der Waals surface area contributed by atoms with E-state index >= 15 is 0 Å². The molecule has 1 saturated carbocycles. The van der Waals surface area contributed by atoms with Crippen molar-refractivity contribution in [2.75, 3.05) is 20.3 Å². The number of rotatable bonds is 9. The Morgan fingerprint density at radius 2 is 2.03 bits per heavy atom. The molecule has 11 heteroatoms. The maximum absolute atomic E-state index is 13.5. The Hall–Kier alpha value is -2.37. The number of aromatic nitrogens is 4. The highest BCUT2D eigenvalue weighted by atomic mass is 32.2. The molecule has 2 aliphatic rings. The summed E-state index contributed by atoms with van der Waals surface area (Å²) in [6.45, 7) is 1.36. The molecule has 0 radical (unpaired) electrons. The van der Waals surface area contributed by atoms with Gasteiger partial charge in [-0.15, -0.1) is 0 Å². The fraction of sp³-hybridized carbons (Fsp3) is 0.545. The van der Waals surface area contributed by atoms with Crippen LogP contribution in [-0.2, 0) is 25.8 Å². The van der Waals surface area contributed by atoms with Crippen LogP contribution < -0.4 is 4.74 Å². The summed E-state index contributed by atoms with van der Waals surface area (Å²) in [5.74, 6) is 0.787. The number of nitrogens with zero attached hydrogens (tertiary/aromatic N) is 4. The third kappa shape index (κ3) is 4.80. The molecule has 0 N–H and O–H groups in total. The van der Waals surface area contributed by atoms with Gasteiger partial charge in [-0.2, -0.15) is 5.10 Å². The van der Waals surface area contributed by atoms with Crippen molar-refractivity contribution in [3.8, 4) is 5.88 Å². The molecule has 176 valence electrons. The van der Waals surface area contributed by atoms with Crippen molar-refractivity contribution in [2.24, 2.45) is 5.92 Å². The van der Waals surface area contributed by atoms with Gasteiger partial charge in [0.2, 0.25) is 5.88 Å². The zero-order valence-electron chi connectivity index (χ0n) is 18.3. The number of ketones is 1. The number of thiazole rings is 1. The summed E-state index contributed by atoms with van der Waals surface area (Å²) in [7, 11) is -1.81. The first-order valence-electron chi connectivity index (χ1n) is 11.1. The smallest absolute Gasteiger partial charge is 0.214 e. The molecule has 9 nitrogen and oxygen atoms in total. The summed E-state index contributed by atoms with van der Waals surface area (Å²) in [4.78, 5) is 23.3. The minimum atomic E-state index is -3.37. The lowest BCUT2D eigenvalue weighted by molar-refractivity contribution is -0.122. The van der Waals surface area contributed by atoms with Gasteiger partial charge >= 0.3 is 0 Å². The quantitative estimate of drug-likeness (QED) is 0.450. The van der Waals surface area contributed by atoms with Crippen molar-refractivity contribution in [3.05, 3.63) is 29.5 Å². The number of hydrogen-bond donors (Lipinski definition) is 0. The van der Waals surface area contributed by atoms with Crippen molar-refractivity contribution < 1.29 is 22.7 Å². The number of hydrogen-bond acceptors (Lipinski definition) is 9. The lowest BCUT2D eigenvalue weighted by Crippen LogP contribution is -2.27. The normalized spacial score (nSPS) is 18.5. The molecule has 33 heavy (non-hydrogen) atoms. The van der Waals surface area contributed by atoms with Crippen LogP contribution in [0.4, 0.5) is 0 Å². The van der Waals surface area contributed by atoms with Crippen LogP contribution in [0.25, 0.3) is 10.3 Å². The summed E-state index contributed by atoms with van der Waals surface area (Å²) < 4.78 is 37.5. The molecule has 3 aromatic rings. The van der Waals surface area contributed by atoms with Crippen molar-refractivity contribution >= 4 is 37.3 Å². The molecule has 1 aliphatic carbocycles. The van der Waals surface area contributed by atoms with Crippen molar-refractivity contribution in [1.82, 2.24) is 19.7 Å². The van der Waals surface area contributed by atoms with Gasteiger partial charge in [0.05, 0.1) is 25.0 Å². The fourth-order valence-electron chi connectivity index (χ4n) is 4.19. The number of sulfone groups is 1. The van der Waals surface area contributed by atoms with Crippen LogP contribution in [-0.4, -0.2) is 59.5 Å². The Balaban J connectivity index is 1.40. The van der Waals surface area contributed by atoms with Crippen molar-refractivity contribution in [1.29, 1.82) is 0 Å². The number of pyridine rings is 1. The highest BCUT2D eigenvalue weighted by Crippen LogP contribution is 2.34. The standard InChI is InChI=1S/C22H26N4O5S2/c1-30-20-5-4-17-22(25-20)32-21(24-17)11-19(27)18(10-14-6-8-31-9-7-14)26-13-16(12-23-26)33(28,29)15-2-3-15/h4-5,12-15,18H,2-3,6-11H2,1H3/t18-/m1/s1. The van der Waals surface area contributed by atoms with Crippen LogP contribution in [0, 0.1) is 5.92 Å². The monoisotopic (exact) mass is 490 g/mol. The largest absolute Gasteiger partial charge is 0.481 e. The van der Waals surface area contributed by atoms with E-state index in [9.17, 15) is 13.2 Å². The predicted octanol–water partition coefficient (Wildman–Crippen LogP) is 3.00. The Morgan fingerprint density at radius 1 is 1.24 bits per heavy atom. The van der Waals surface area contributed by atoms with Crippen LogP contribution in [0.2, 0.25) is 0 Å². The van der Waals surface area contributed by atoms with Crippen molar-refractivity contribution in [3.63, 3.8) is 0 Å². The van der Waals surface area contributed by atoms with Crippen LogP contribution in [0.15, 0.2) is 29.4 Å². The van der Waals surface area contributed by atoms with Crippen LogP contribution >= 0.6 is 11.3 Å². The molecule has 0 unspecified atom stereocenters. The lowest BCUT2D eigenvalue weighted by atomic mass is 9.90. The van der Waals surface area contributed by atoms with E-state index in [-0.39, 0.29) is 22.3 Å². The number of fused-ring (bicyclic) bond motifs is 1. The molecule has 2 fully saturated rings. The average Bonchev–Trinajstić information content (AvgIpc) is 3.44. The lowest BCUT2D eigenvalue weighted by Gasteiger charge is -2.26. The van der Waals surface area contributed by atoms with Crippen LogP contribution in [0.3, 0.4) is 0 Å². The van der Waals surface area contributed by atoms with Crippen LogP contribution in [0.5, 0.6) is 5.88 Å². The molecule has 3 aromatic heterocycles. The second kappa shape index (κ2) is 9.11. The van der Waals surface area contributed by atoms with Gasteiger partial charge in [-0.05, 0) is 44.1 Å². The summed E-state index contributed by atoms with van der Waals surface area (Å²) in [6, 6.07) is 3.02. The summed E-state index contributed by atoms with van der Waals surface area (Å²) in [5, 5.41) is 4.69. The minimum Gasteiger partial charge on any atom is -0.481 e. The van der Waals surface area contributed by atoms with E-state index in [1.807, 2.05) is 6.07 Å². The molecule has 0 amide bonds. The van der Waals surface area contributed by atoms with Gasteiger partial charge in [0, 0.05) is 25.5 Å². The maximum Gasteiger partial charge on any atom is 0.214 e. The zero-order chi connectivity index (χ0) is 23.0. The molecule has 1 atom stereocenters. The van der Waals surface area contributed by atoms with Gasteiger partial charge in [-0.25, -0.2) is 18.4 Å². The van der Waals surface area contributed by atoms with E-state index in [0.29, 0.717) is 49.3 Å². The van der Waals surface area contributed by atoms with Gasteiger partial charge in [0.15, 0.2) is 15.6 Å². The molecule has 5 rings (SSSR count). The summed E-state index contributed by atoms with van der Waals surface area (Å²) in [6.07, 6.45) is 6.78. The topological polar surface area (TPSA) is 113 Å². The highest BCUT2D eigenvalue weighted by molar-refractivity contribution is 7.92. The second-order valence-corrected chi connectivity index (χ2v) is 11.9. The molecule has 0 bridgehead atoms. The van der Waals surface area contributed by atoms with E-state index in [4.69, 9.17) is 9.47 Å². The number of ether oxygens (including phenoxy) is 2. The maximum atomic E-state index is 13.5. The van der Waals surface area contributed by atoms with Gasteiger partial charge in [-0.3, -0.25) is 9.48 Å². The van der Waals surface area contributed by atoms with Gasteiger partial charge in [0.25, 0.3) is 0 Å². The highest BCUT2D eigenvalue weighted by Gasteiger charge is 2.38. The minimum absolute atomic E-state index is 0.0361. The first-order valence-corrected chi connectivity index (χ1v) is 13.5. The van der Waals surface area contributed by atoms with E-state index in [2.05, 4.69) is 15.1 Å². The first kappa shape index (κ1) is 22.4. The molecule has 0 aromatic carbocycles. The Bertz CT molecular complexity index is 1260. The van der Waals surface area contributed by atoms with E-state index in [1.54, 1.807) is 17.9 Å². The Kier molecular flexibility index (Phi) is 6.19. The molecule has 0 spiro atoms. The molecule has 4 heterocycles. The first-order chi connectivity index (χ1) is 15.9. The number of carbonyl (C=O) groups is 1. The molecular formula is C22H26N4O5S2. The van der Waals surface area contributed by atoms with E-state index < -0.39 is 15.9 Å². The van der Waals surface area contributed by atoms with E-state index in [0.717, 1.165) is 23.2 Å². The molecule has 1 aliphatic heterocycles. The molecular weight excluding hydrogens is 464 g/mol. The number of Topliss-reactive ketones (excluding diaryl/α,β-unsaturated/α-hetero) is 1. The SMILES string of the molecule is COc1ccc2nc(CC(=O)[C@@H](CC3CCOCC3)n3cc(S(=O)(=O)C4CC4)cn3)sc2n1. The van der Waals surface area contributed by atoms with Crippen molar-refractivity contribution in [2.45, 2.75) is 54.7 Å². The fourth-order valence-corrected chi connectivity index (χ4v) is 6.72. The van der Waals surface area contributed by atoms with Gasteiger partial charge < -0.3 is 9.47 Å². The van der Waals surface area contributed by atoms with Gasteiger partial charge in [0.1, 0.15) is 26.3 Å². The second-order valence-electron chi connectivity index (χ2n) is 8.64. The summed E-state index contributed by atoms with van der Waals surface area (Å²) in [5.41, 5.74) is 0.724. The van der Waals surface area contributed by atoms with Crippen LogP contribution in [0.1, 0.15) is 43.2 Å². The number of methoxy groups -OCH3 is 1. The Labute approximate surface area is 196 Å². The average molecular weight is 491 g/mol.